The van der Waals surface area contributed by atoms with Crippen molar-refractivity contribution in [1.29, 1.82) is 0 Å². The first-order valence-electron chi connectivity index (χ1n) is 9.70. The third-order valence-corrected chi connectivity index (χ3v) is 5.62. The number of halogens is 2. The summed E-state index contributed by atoms with van der Waals surface area (Å²) in [5, 5.41) is 1.15. The zero-order valence-corrected chi connectivity index (χ0v) is 18.0. The van der Waals surface area contributed by atoms with Gasteiger partial charge in [-0.3, -0.25) is 19.5 Å². The number of carbonyl (C=O) groups excluding carboxylic acids is 2. The van der Waals surface area contributed by atoms with E-state index in [2.05, 4.69) is 15.0 Å². The number of imide groups is 1. The van der Waals surface area contributed by atoms with Crippen molar-refractivity contribution >= 4 is 35.0 Å². The number of rotatable bonds is 4. The van der Waals surface area contributed by atoms with E-state index in [1.165, 1.54) is 0 Å². The van der Waals surface area contributed by atoms with E-state index in [4.69, 9.17) is 23.2 Å². The van der Waals surface area contributed by atoms with Gasteiger partial charge in [-0.15, -0.1) is 0 Å². The largest absolute Gasteiger partial charge is 0.282 e. The Hall–Kier alpha value is -3.61. The van der Waals surface area contributed by atoms with Crippen molar-refractivity contribution in [3.8, 4) is 22.5 Å². The van der Waals surface area contributed by atoms with Crippen LogP contribution in [-0.2, 0) is 6.54 Å². The fraction of sp³-hybridized carbons (Fsp3) is 0.0417. The Kier molecular flexibility index (Phi) is 5.17. The van der Waals surface area contributed by atoms with Gasteiger partial charge in [-0.05, 0) is 42.0 Å². The Labute approximate surface area is 193 Å². The van der Waals surface area contributed by atoms with Crippen LogP contribution in [0.3, 0.4) is 0 Å². The average molecular weight is 461 g/mol. The van der Waals surface area contributed by atoms with E-state index in [1.54, 1.807) is 73.1 Å². The van der Waals surface area contributed by atoms with Gasteiger partial charge in [0.15, 0.2) is 11.4 Å². The highest BCUT2D eigenvalue weighted by molar-refractivity contribution is 6.31. The maximum absolute atomic E-state index is 13.1. The third kappa shape index (κ3) is 3.64. The molecule has 4 aromatic rings. The SMILES string of the molecule is O=C1c2nc(-c3ccc(Cl)cc3)c(-c3ccc(Cl)cc3)nc2C(=O)N1Cc1ccncc1. The molecule has 3 heterocycles. The molecule has 2 aromatic carbocycles. The molecule has 0 N–H and O–H groups in total. The molecular weight excluding hydrogens is 447 g/mol. The molecule has 0 fully saturated rings. The van der Waals surface area contributed by atoms with Gasteiger partial charge >= 0.3 is 0 Å². The van der Waals surface area contributed by atoms with Crippen molar-refractivity contribution in [3.05, 3.63) is 100 Å². The number of pyridine rings is 1. The lowest BCUT2D eigenvalue weighted by Crippen LogP contribution is -2.29. The maximum Gasteiger partial charge on any atom is 0.282 e. The van der Waals surface area contributed by atoms with E-state index in [0.29, 0.717) is 21.4 Å². The average Bonchev–Trinajstić information content (AvgIpc) is 3.04. The number of amides is 2. The van der Waals surface area contributed by atoms with Crippen LogP contribution in [0.1, 0.15) is 26.5 Å². The van der Waals surface area contributed by atoms with Crippen LogP contribution in [0.15, 0.2) is 73.1 Å². The van der Waals surface area contributed by atoms with E-state index in [-0.39, 0.29) is 17.9 Å². The summed E-state index contributed by atoms with van der Waals surface area (Å²) in [6.07, 6.45) is 3.22. The highest BCUT2D eigenvalue weighted by Gasteiger charge is 2.39. The van der Waals surface area contributed by atoms with Crippen LogP contribution in [0.25, 0.3) is 22.5 Å². The quantitative estimate of drug-likeness (QED) is 0.385. The van der Waals surface area contributed by atoms with Crippen molar-refractivity contribution in [2.75, 3.05) is 0 Å². The fourth-order valence-corrected chi connectivity index (χ4v) is 3.77. The second-order valence-electron chi connectivity index (χ2n) is 7.18. The standard InChI is InChI=1S/C24H14Cl2N4O2/c25-17-5-1-15(2-6-17)19-20(16-3-7-18(26)8-4-16)29-22-21(28-19)23(31)30(24(22)32)13-14-9-11-27-12-10-14/h1-12H,13H2. The monoisotopic (exact) mass is 460 g/mol. The van der Waals surface area contributed by atoms with Gasteiger partial charge in [0.05, 0.1) is 17.9 Å². The smallest absolute Gasteiger partial charge is 0.267 e. The van der Waals surface area contributed by atoms with Gasteiger partial charge in [-0.25, -0.2) is 9.97 Å². The molecule has 0 atom stereocenters. The van der Waals surface area contributed by atoms with E-state index in [0.717, 1.165) is 21.6 Å². The number of hydrogen-bond donors (Lipinski definition) is 0. The van der Waals surface area contributed by atoms with Crippen molar-refractivity contribution < 1.29 is 9.59 Å². The molecule has 6 nitrogen and oxygen atoms in total. The second-order valence-corrected chi connectivity index (χ2v) is 8.06. The molecule has 5 rings (SSSR count). The van der Waals surface area contributed by atoms with Crippen molar-refractivity contribution in [3.63, 3.8) is 0 Å². The molecule has 0 aliphatic carbocycles. The summed E-state index contributed by atoms with van der Waals surface area (Å²) >= 11 is 12.1. The van der Waals surface area contributed by atoms with Gasteiger partial charge in [-0.1, -0.05) is 47.5 Å². The first-order chi connectivity index (χ1) is 15.5. The number of aromatic nitrogens is 3. The molecule has 2 aromatic heterocycles. The van der Waals surface area contributed by atoms with Gasteiger partial charge in [-0.2, -0.15) is 0 Å². The molecule has 0 saturated carbocycles. The topological polar surface area (TPSA) is 76.1 Å². The number of hydrogen-bond acceptors (Lipinski definition) is 5. The van der Waals surface area contributed by atoms with Gasteiger partial charge in [0.25, 0.3) is 11.8 Å². The van der Waals surface area contributed by atoms with E-state index >= 15 is 0 Å². The number of carbonyl (C=O) groups is 2. The molecule has 156 valence electrons. The highest BCUT2D eigenvalue weighted by atomic mass is 35.5. The fourth-order valence-electron chi connectivity index (χ4n) is 3.51. The molecule has 8 heteroatoms. The first kappa shape index (κ1) is 20.3. The highest BCUT2D eigenvalue weighted by Crippen LogP contribution is 2.34. The molecule has 0 saturated heterocycles. The second kappa shape index (κ2) is 8.15. The number of nitrogens with zero attached hydrogens (tertiary/aromatic N) is 4. The van der Waals surface area contributed by atoms with E-state index in [9.17, 15) is 9.59 Å². The Morgan fingerprint density at radius 1 is 0.625 bits per heavy atom. The van der Waals surface area contributed by atoms with Crippen LogP contribution < -0.4 is 0 Å². The Morgan fingerprint density at radius 2 is 1.06 bits per heavy atom. The molecule has 0 radical (unpaired) electrons. The summed E-state index contributed by atoms with van der Waals surface area (Å²) in [6.45, 7) is 0.116. The van der Waals surface area contributed by atoms with E-state index < -0.39 is 11.8 Å². The van der Waals surface area contributed by atoms with Crippen LogP contribution in [0.5, 0.6) is 0 Å². The van der Waals surface area contributed by atoms with E-state index in [1.807, 2.05) is 0 Å². The normalized spacial score (nSPS) is 12.9. The molecule has 1 aliphatic heterocycles. The lowest BCUT2D eigenvalue weighted by molar-refractivity contribution is 0.0638. The van der Waals surface area contributed by atoms with Crippen LogP contribution in [0, 0.1) is 0 Å². The summed E-state index contributed by atoms with van der Waals surface area (Å²) in [5.74, 6) is -0.959. The van der Waals surface area contributed by atoms with Crippen molar-refractivity contribution in [2.45, 2.75) is 6.54 Å². The van der Waals surface area contributed by atoms with Crippen molar-refractivity contribution in [1.82, 2.24) is 19.9 Å². The number of fused-ring (bicyclic) bond motifs is 1. The van der Waals surface area contributed by atoms with Gasteiger partial charge in [0.1, 0.15) is 0 Å². The summed E-state index contributed by atoms with van der Waals surface area (Å²) in [7, 11) is 0. The zero-order valence-electron chi connectivity index (χ0n) is 16.5. The molecule has 0 bridgehead atoms. The molecular formula is C24H14Cl2N4O2. The van der Waals surface area contributed by atoms with Crippen LogP contribution in [0.2, 0.25) is 10.0 Å². The summed E-state index contributed by atoms with van der Waals surface area (Å²) in [4.78, 5) is 40.5. The van der Waals surface area contributed by atoms with Gasteiger partial charge < -0.3 is 0 Å². The van der Waals surface area contributed by atoms with Crippen molar-refractivity contribution in [2.24, 2.45) is 0 Å². The predicted octanol–water partition coefficient (Wildman–Crippen LogP) is 5.31. The Bertz CT molecular complexity index is 1260. The van der Waals surface area contributed by atoms with Gasteiger partial charge in [0, 0.05) is 33.6 Å². The Balaban J connectivity index is 1.65. The minimum Gasteiger partial charge on any atom is -0.267 e. The number of benzene rings is 2. The minimum atomic E-state index is -0.479. The summed E-state index contributed by atoms with van der Waals surface area (Å²) in [5.41, 5.74) is 3.26. The first-order valence-corrected chi connectivity index (χ1v) is 10.5. The van der Waals surface area contributed by atoms with Gasteiger partial charge in [0.2, 0.25) is 0 Å². The molecule has 32 heavy (non-hydrogen) atoms. The predicted molar refractivity (Wildman–Crippen MR) is 121 cm³/mol. The minimum absolute atomic E-state index is 0.0340. The van der Waals surface area contributed by atoms with Crippen LogP contribution in [0.4, 0.5) is 0 Å². The summed E-state index contributed by atoms with van der Waals surface area (Å²) in [6, 6.07) is 17.6. The lowest BCUT2D eigenvalue weighted by atomic mass is 10.0. The zero-order chi connectivity index (χ0) is 22.2. The van der Waals surface area contributed by atoms with Crippen LogP contribution in [-0.4, -0.2) is 31.7 Å². The Morgan fingerprint density at radius 3 is 1.50 bits per heavy atom. The summed E-state index contributed by atoms with van der Waals surface area (Å²) < 4.78 is 0. The lowest BCUT2D eigenvalue weighted by Gasteiger charge is -2.12. The van der Waals surface area contributed by atoms with Crippen LogP contribution >= 0.6 is 23.2 Å². The maximum atomic E-state index is 13.1. The molecule has 0 unspecified atom stereocenters. The molecule has 2 amide bonds. The third-order valence-electron chi connectivity index (χ3n) is 5.12. The molecule has 0 spiro atoms. The molecule has 1 aliphatic rings.